The van der Waals surface area contributed by atoms with Crippen molar-refractivity contribution in [1.82, 2.24) is 15.2 Å². The zero-order valence-electron chi connectivity index (χ0n) is 4.89. The van der Waals surface area contributed by atoms with Crippen LogP contribution in [0.15, 0.2) is 12.5 Å². The molecule has 1 rings (SSSR count). The molecule has 0 amide bonds. The number of nitrogens with zero attached hydrogens (tertiary/aromatic N) is 3. The zero-order valence-corrected chi connectivity index (χ0v) is 4.89. The van der Waals surface area contributed by atoms with Crippen LogP contribution in [0.5, 0.6) is 0 Å². The summed E-state index contributed by atoms with van der Waals surface area (Å²) in [5.74, 6) is 0.372. The molecule has 0 saturated heterocycles. The summed E-state index contributed by atoms with van der Waals surface area (Å²) in [5.41, 5.74) is 0. The molecule has 1 N–H and O–H groups in total. The van der Waals surface area contributed by atoms with E-state index in [9.17, 15) is 10.1 Å². The summed E-state index contributed by atoms with van der Waals surface area (Å²) in [5, 5.41) is 15.7. The Morgan fingerprint density at radius 3 is 3.10 bits per heavy atom. The maximum absolute atomic E-state index is 9.75. The van der Waals surface area contributed by atoms with Crippen LogP contribution in [-0.2, 0) is 0 Å². The van der Waals surface area contributed by atoms with Crippen molar-refractivity contribution in [3.8, 4) is 0 Å². The van der Waals surface area contributed by atoms with Crippen molar-refractivity contribution in [3.05, 3.63) is 28.5 Å². The minimum Gasteiger partial charge on any atom is -0.260 e. The molecule has 0 fully saturated rings. The van der Waals surface area contributed by atoms with E-state index < -0.39 is 4.92 Å². The van der Waals surface area contributed by atoms with Crippen molar-refractivity contribution in [1.29, 1.82) is 0 Å². The van der Waals surface area contributed by atoms with Gasteiger partial charge in [-0.15, -0.1) is 0 Å². The number of rotatable bonds is 2. The third kappa shape index (κ3) is 1.66. The first kappa shape index (κ1) is 6.40. The molecule has 0 spiro atoms. The van der Waals surface area contributed by atoms with Crippen LogP contribution in [0.3, 0.4) is 0 Å². The van der Waals surface area contributed by atoms with Crippen LogP contribution in [0, 0.1) is 10.1 Å². The first-order valence-electron chi connectivity index (χ1n) is 2.46. The SMILES string of the molecule is O=[N+]([O-])/C=C/c1ncn[nH]1. The predicted molar refractivity (Wildman–Crippen MR) is 32.4 cm³/mol. The minimum atomic E-state index is -0.567. The monoisotopic (exact) mass is 140 g/mol. The van der Waals surface area contributed by atoms with Gasteiger partial charge in [-0.25, -0.2) is 4.98 Å². The molecule has 6 heteroatoms. The summed E-state index contributed by atoms with van der Waals surface area (Å²) >= 11 is 0. The molecule has 0 unspecified atom stereocenters. The first-order valence-corrected chi connectivity index (χ1v) is 2.46. The van der Waals surface area contributed by atoms with Gasteiger partial charge < -0.3 is 0 Å². The van der Waals surface area contributed by atoms with Gasteiger partial charge in [-0.2, -0.15) is 5.10 Å². The summed E-state index contributed by atoms with van der Waals surface area (Å²) in [6.07, 6.45) is 3.30. The minimum absolute atomic E-state index is 0.372. The fourth-order valence-electron chi connectivity index (χ4n) is 0.427. The lowest BCUT2D eigenvalue weighted by atomic mass is 10.6. The van der Waals surface area contributed by atoms with Gasteiger partial charge in [0.05, 0.1) is 11.0 Å². The van der Waals surface area contributed by atoms with E-state index in [1.165, 1.54) is 12.4 Å². The Hall–Kier alpha value is -1.72. The highest BCUT2D eigenvalue weighted by atomic mass is 16.6. The molecule has 0 saturated carbocycles. The molecule has 0 radical (unpaired) electrons. The normalized spacial score (nSPS) is 10.4. The van der Waals surface area contributed by atoms with E-state index in [1.54, 1.807) is 0 Å². The summed E-state index contributed by atoms with van der Waals surface area (Å²) in [6.45, 7) is 0. The summed E-state index contributed by atoms with van der Waals surface area (Å²) in [4.78, 5) is 12.8. The van der Waals surface area contributed by atoms with Crippen LogP contribution in [0.2, 0.25) is 0 Å². The highest BCUT2D eigenvalue weighted by Gasteiger charge is 1.89. The molecule has 0 atom stereocenters. The number of aromatic amines is 1. The topological polar surface area (TPSA) is 84.7 Å². The number of hydrogen-bond donors (Lipinski definition) is 1. The maximum atomic E-state index is 9.75. The van der Waals surface area contributed by atoms with Crippen LogP contribution >= 0.6 is 0 Å². The average Bonchev–Trinajstić information content (AvgIpc) is 2.34. The Labute approximate surface area is 55.7 Å². The molecule has 0 bridgehead atoms. The second kappa shape index (κ2) is 2.72. The summed E-state index contributed by atoms with van der Waals surface area (Å²) in [7, 11) is 0. The van der Waals surface area contributed by atoms with Crippen LogP contribution in [0.1, 0.15) is 5.82 Å². The smallest absolute Gasteiger partial charge is 0.238 e. The Morgan fingerprint density at radius 2 is 2.60 bits per heavy atom. The third-order valence-corrected chi connectivity index (χ3v) is 0.788. The van der Waals surface area contributed by atoms with Crippen molar-refractivity contribution >= 4 is 6.08 Å². The Morgan fingerprint density at radius 1 is 1.80 bits per heavy atom. The van der Waals surface area contributed by atoms with E-state index >= 15 is 0 Å². The molecule has 6 nitrogen and oxygen atoms in total. The quantitative estimate of drug-likeness (QED) is 0.464. The van der Waals surface area contributed by atoms with Gasteiger partial charge in [0.15, 0.2) is 5.82 Å². The number of hydrogen-bond acceptors (Lipinski definition) is 4. The maximum Gasteiger partial charge on any atom is 0.238 e. The third-order valence-electron chi connectivity index (χ3n) is 0.788. The molecule has 10 heavy (non-hydrogen) atoms. The van der Waals surface area contributed by atoms with E-state index in [-0.39, 0.29) is 0 Å². The zero-order chi connectivity index (χ0) is 7.40. The fourth-order valence-corrected chi connectivity index (χ4v) is 0.427. The molecule has 1 aromatic rings. The van der Waals surface area contributed by atoms with Crippen molar-refractivity contribution in [3.63, 3.8) is 0 Å². The van der Waals surface area contributed by atoms with Crippen LogP contribution in [0.4, 0.5) is 0 Å². The molecular weight excluding hydrogens is 136 g/mol. The second-order valence-corrected chi connectivity index (χ2v) is 1.47. The molecular formula is C4H4N4O2. The van der Waals surface area contributed by atoms with E-state index in [2.05, 4.69) is 15.2 Å². The fraction of sp³-hybridized carbons (Fsp3) is 0. The molecule has 1 aromatic heterocycles. The largest absolute Gasteiger partial charge is 0.260 e. The van der Waals surface area contributed by atoms with E-state index in [0.29, 0.717) is 5.82 Å². The highest BCUT2D eigenvalue weighted by Crippen LogP contribution is 1.88. The van der Waals surface area contributed by atoms with Gasteiger partial charge in [-0.05, 0) is 0 Å². The van der Waals surface area contributed by atoms with Gasteiger partial charge in [-0.3, -0.25) is 15.2 Å². The van der Waals surface area contributed by atoms with Gasteiger partial charge in [0.2, 0.25) is 6.20 Å². The Balaban J connectivity index is 2.64. The second-order valence-electron chi connectivity index (χ2n) is 1.47. The molecule has 0 aliphatic carbocycles. The van der Waals surface area contributed by atoms with Gasteiger partial charge >= 0.3 is 0 Å². The van der Waals surface area contributed by atoms with Gasteiger partial charge in [0.25, 0.3) is 0 Å². The van der Waals surface area contributed by atoms with E-state index in [4.69, 9.17) is 0 Å². The lowest BCUT2D eigenvalue weighted by molar-refractivity contribution is -0.401. The van der Waals surface area contributed by atoms with Crippen molar-refractivity contribution < 1.29 is 4.92 Å². The molecule has 0 aliphatic rings. The Kier molecular flexibility index (Phi) is 1.74. The van der Waals surface area contributed by atoms with Crippen molar-refractivity contribution in [2.45, 2.75) is 0 Å². The van der Waals surface area contributed by atoms with E-state index in [1.807, 2.05) is 0 Å². The van der Waals surface area contributed by atoms with Crippen molar-refractivity contribution in [2.24, 2.45) is 0 Å². The van der Waals surface area contributed by atoms with Crippen LogP contribution in [0.25, 0.3) is 6.08 Å². The predicted octanol–water partition coefficient (Wildman–Crippen LogP) is 0.0521. The number of nitrogens with one attached hydrogen (secondary N) is 1. The number of nitro groups is 1. The summed E-state index contributed by atoms with van der Waals surface area (Å²) in [6, 6.07) is 0. The average molecular weight is 140 g/mol. The van der Waals surface area contributed by atoms with Gasteiger partial charge in [-0.1, -0.05) is 0 Å². The standard InChI is InChI=1S/C4H4N4O2/c9-8(10)2-1-4-5-3-6-7-4/h1-3H,(H,5,6,7)/b2-1+. The number of aromatic nitrogens is 3. The van der Waals surface area contributed by atoms with Gasteiger partial charge in [0, 0.05) is 0 Å². The number of H-pyrrole nitrogens is 1. The first-order chi connectivity index (χ1) is 4.79. The highest BCUT2D eigenvalue weighted by molar-refractivity contribution is 5.35. The van der Waals surface area contributed by atoms with Gasteiger partial charge in [0.1, 0.15) is 6.33 Å². The Bertz CT molecular complexity index is 240. The lowest BCUT2D eigenvalue weighted by Crippen LogP contribution is -1.83. The van der Waals surface area contributed by atoms with Crippen LogP contribution < -0.4 is 0 Å². The van der Waals surface area contributed by atoms with Crippen LogP contribution in [-0.4, -0.2) is 20.1 Å². The molecule has 1 heterocycles. The van der Waals surface area contributed by atoms with Crippen molar-refractivity contribution in [2.75, 3.05) is 0 Å². The van der Waals surface area contributed by atoms with E-state index in [0.717, 1.165) is 6.20 Å². The molecule has 0 aromatic carbocycles. The lowest BCUT2D eigenvalue weighted by Gasteiger charge is -1.76. The summed E-state index contributed by atoms with van der Waals surface area (Å²) < 4.78 is 0. The molecule has 0 aliphatic heterocycles. The molecule has 52 valence electrons.